The molecule has 0 saturated carbocycles. The third kappa shape index (κ3) is 2.19. The fraction of sp³-hybridized carbons (Fsp3) is 0.400. The molecule has 0 amide bonds. The summed E-state index contributed by atoms with van der Waals surface area (Å²) in [5.41, 5.74) is 5.43. The van der Waals surface area contributed by atoms with Gasteiger partial charge in [-0.15, -0.1) is 0 Å². The Bertz CT molecular complexity index is 846. The Morgan fingerprint density at radius 3 is 2.44 bits per heavy atom. The second kappa shape index (κ2) is 5.85. The number of rotatable bonds is 3. The highest BCUT2D eigenvalue weighted by Gasteiger charge is 2.40. The van der Waals surface area contributed by atoms with Crippen molar-refractivity contribution in [2.45, 2.75) is 18.9 Å². The molecule has 1 aliphatic heterocycles. The van der Waals surface area contributed by atoms with Crippen LogP contribution in [0.2, 0.25) is 0 Å². The number of nitrogens with one attached hydrogen (secondary N) is 1. The van der Waals surface area contributed by atoms with Gasteiger partial charge in [-0.3, -0.25) is 0 Å². The van der Waals surface area contributed by atoms with Crippen molar-refractivity contribution in [2.75, 3.05) is 34.9 Å². The number of ether oxygens (including phenoxy) is 3. The summed E-state index contributed by atoms with van der Waals surface area (Å²) in [4.78, 5) is 1.47. The maximum Gasteiger partial charge on any atom is 0.168 e. The van der Waals surface area contributed by atoms with E-state index in [1.807, 2.05) is 12.1 Å². The first-order valence-corrected chi connectivity index (χ1v) is 8.60. The third-order valence-electron chi connectivity index (χ3n) is 5.65. The Kier molecular flexibility index (Phi) is 3.76. The van der Waals surface area contributed by atoms with E-state index in [0.717, 1.165) is 30.5 Å². The molecule has 25 heavy (non-hydrogen) atoms. The molecule has 2 aliphatic rings. The summed E-state index contributed by atoms with van der Waals surface area (Å²) in [6.45, 7) is 1.08. The summed E-state index contributed by atoms with van der Waals surface area (Å²) in [6, 6.07) is 6.35. The minimum Gasteiger partial charge on any atom is -0.504 e. The van der Waals surface area contributed by atoms with E-state index in [2.05, 4.69) is 13.1 Å². The largest absolute Gasteiger partial charge is 0.504 e. The van der Waals surface area contributed by atoms with Gasteiger partial charge in [0.1, 0.15) is 6.04 Å². The SMILES string of the molecule is COc1cc2c3c(c1O)-c1c(ccc(OC)c1OC)C[C@@H]3[NH+](C)CC2. The molecule has 0 aromatic heterocycles. The van der Waals surface area contributed by atoms with Gasteiger partial charge in [-0.1, -0.05) is 6.07 Å². The molecule has 5 nitrogen and oxygen atoms in total. The standard InChI is InChI=1S/C20H23NO4/c1-21-8-7-12-10-15(24-3)19(22)18-16(12)13(21)9-11-5-6-14(23-2)20(25-4)17(11)18/h5-6,10,13,22H,7-9H2,1-4H3/p+1/t13-/m0/s1. The van der Waals surface area contributed by atoms with Gasteiger partial charge < -0.3 is 24.2 Å². The Balaban J connectivity index is 2.10. The number of hydrogen-bond acceptors (Lipinski definition) is 4. The fourth-order valence-electron chi connectivity index (χ4n) is 4.39. The number of quaternary nitrogens is 1. The molecule has 1 unspecified atom stereocenters. The number of aromatic hydroxyl groups is 1. The number of benzene rings is 2. The normalized spacial score (nSPS) is 20.5. The van der Waals surface area contributed by atoms with Crippen molar-refractivity contribution in [2.24, 2.45) is 0 Å². The van der Waals surface area contributed by atoms with Crippen molar-refractivity contribution in [3.05, 3.63) is 34.9 Å². The van der Waals surface area contributed by atoms with Crippen molar-refractivity contribution in [3.8, 4) is 34.1 Å². The van der Waals surface area contributed by atoms with E-state index in [-0.39, 0.29) is 5.75 Å². The first-order chi connectivity index (χ1) is 12.1. The van der Waals surface area contributed by atoms with Gasteiger partial charge in [-0.05, 0) is 23.3 Å². The van der Waals surface area contributed by atoms with Gasteiger partial charge in [0.2, 0.25) is 0 Å². The molecule has 2 N–H and O–H groups in total. The van der Waals surface area contributed by atoms with Crippen molar-refractivity contribution in [1.29, 1.82) is 0 Å². The van der Waals surface area contributed by atoms with Crippen LogP contribution in [0.1, 0.15) is 22.7 Å². The van der Waals surface area contributed by atoms with Crippen LogP contribution in [0.25, 0.3) is 11.1 Å². The lowest BCUT2D eigenvalue weighted by Gasteiger charge is -2.38. The molecule has 2 aromatic carbocycles. The Morgan fingerprint density at radius 1 is 1.00 bits per heavy atom. The lowest BCUT2D eigenvalue weighted by molar-refractivity contribution is -0.914. The molecule has 4 rings (SSSR count). The monoisotopic (exact) mass is 342 g/mol. The summed E-state index contributed by atoms with van der Waals surface area (Å²) in [7, 11) is 7.10. The minimum absolute atomic E-state index is 0.188. The quantitative estimate of drug-likeness (QED) is 0.892. The van der Waals surface area contributed by atoms with Gasteiger partial charge in [0.25, 0.3) is 0 Å². The lowest BCUT2D eigenvalue weighted by Crippen LogP contribution is -3.10. The molecule has 2 aromatic rings. The average Bonchev–Trinajstić information content (AvgIpc) is 2.64. The van der Waals surface area contributed by atoms with Crippen LogP contribution in [-0.4, -0.2) is 40.0 Å². The van der Waals surface area contributed by atoms with Gasteiger partial charge in [-0.25, -0.2) is 0 Å². The smallest absolute Gasteiger partial charge is 0.168 e. The zero-order valence-electron chi connectivity index (χ0n) is 15.1. The van der Waals surface area contributed by atoms with Gasteiger partial charge in [0.15, 0.2) is 23.0 Å². The maximum atomic E-state index is 11.0. The van der Waals surface area contributed by atoms with Gasteiger partial charge in [0.05, 0.1) is 34.9 Å². The molecule has 132 valence electrons. The lowest BCUT2D eigenvalue weighted by atomic mass is 9.76. The van der Waals surface area contributed by atoms with Crippen molar-refractivity contribution in [1.82, 2.24) is 0 Å². The number of fused-ring (bicyclic) bond motifs is 2. The second-order valence-corrected chi connectivity index (χ2v) is 6.81. The number of hydrogen-bond donors (Lipinski definition) is 2. The fourth-order valence-corrected chi connectivity index (χ4v) is 4.39. The van der Waals surface area contributed by atoms with E-state index < -0.39 is 0 Å². The number of methoxy groups -OCH3 is 3. The van der Waals surface area contributed by atoms with E-state index in [9.17, 15) is 5.11 Å². The van der Waals surface area contributed by atoms with Gasteiger partial charge in [-0.2, -0.15) is 0 Å². The van der Waals surface area contributed by atoms with E-state index in [4.69, 9.17) is 14.2 Å². The van der Waals surface area contributed by atoms with E-state index in [0.29, 0.717) is 23.3 Å². The zero-order valence-corrected chi connectivity index (χ0v) is 15.1. The van der Waals surface area contributed by atoms with Crippen LogP contribution in [0, 0.1) is 0 Å². The van der Waals surface area contributed by atoms with Crippen molar-refractivity contribution >= 4 is 0 Å². The first kappa shape index (κ1) is 16.1. The molecule has 0 spiro atoms. The Hall–Kier alpha value is -2.40. The van der Waals surface area contributed by atoms with Crippen LogP contribution < -0.4 is 19.1 Å². The predicted molar refractivity (Wildman–Crippen MR) is 95.1 cm³/mol. The number of phenols is 1. The summed E-state index contributed by atoms with van der Waals surface area (Å²) < 4.78 is 16.6. The maximum absolute atomic E-state index is 11.0. The molecule has 0 radical (unpaired) electrons. The van der Waals surface area contributed by atoms with Crippen LogP contribution in [0.4, 0.5) is 0 Å². The minimum atomic E-state index is 0.188. The molecule has 0 fully saturated rings. The van der Waals surface area contributed by atoms with Crippen molar-refractivity contribution < 1.29 is 24.2 Å². The summed E-state index contributed by atoms with van der Waals surface area (Å²) >= 11 is 0. The van der Waals surface area contributed by atoms with Crippen LogP contribution in [-0.2, 0) is 12.8 Å². The van der Waals surface area contributed by atoms with Crippen LogP contribution >= 0.6 is 0 Å². The molecular weight excluding hydrogens is 318 g/mol. The van der Waals surface area contributed by atoms with E-state index >= 15 is 0 Å². The van der Waals surface area contributed by atoms with Gasteiger partial charge >= 0.3 is 0 Å². The van der Waals surface area contributed by atoms with Gasteiger partial charge in [0, 0.05) is 29.5 Å². The third-order valence-corrected chi connectivity index (χ3v) is 5.65. The highest BCUT2D eigenvalue weighted by Crippen LogP contribution is 2.54. The highest BCUT2D eigenvalue weighted by atomic mass is 16.5. The van der Waals surface area contributed by atoms with Crippen LogP contribution in [0.3, 0.4) is 0 Å². The topological polar surface area (TPSA) is 52.4 Å². The Labute approximate surface area is 147 Å². The average molecular weight is 342 g/mol. The highest BCUT2D eigenvalue weighted by molar-refractivity contribution is 5.88. The number of phenolic OH excluding ortho intramolecular Hbond substituents is 1. The Morgan fingerprint density at radius 2 is 1.76 bits per heavy atom. The molecule has 0 saturated heterocycles. The van der Waals surface area contributed by atoms with E-state index in [1.54, 1.807) is 21.3 Å². The second-order valence-electron chi connectivity index (χ2n) is 6.81. The summed E-state index contributed by atoms with van der Waals surface area (Å²) in [5.74, 6) is 2.05. The predicted octanol–water partition coefficient (Wildman–Crippen LogP) is 1.75. The van der Waals surface area contributed by atoms with Crippen molar-refractivity contribution in [3.63, 3.8) is 0 Å². The van der Waals surface area contributed by atoms with Crippen LogP contribution in [0.5, 0.6) is 23.0 Å². The molecule has 1 aliphatic carbocycles. The summed E-state index contributed by atoms with van der Waals surface area (Å²) in [6.07, 6.45) is 1.90. The zero-order chi connectivity index (χ0) is 17.7. The van der Waals surface area contributed by atoms with Crippen LogP contribution in [0.15, 0.2) is 18.2 Å². The molecule has 0 bridgehead atoms. The molecule has 1 heterocycles. The molecular formula is C20H24NO4+. The summed E-state index contributed by atoms with van der Waals surface area (Å²) in [5, 5.41) is 11.0. The molecule has 2 atom stereocenters. The first-order valence-electron chi connectivity index (χ1n) is 8.60. The number of likely N-dealkylation sites (N-methyl/N-ethyl adjacent to an activating group) is 1. The van der Waals surface area contributed by atoms with E-state index in [1.165, 1.54) is 21.6 Å². The molecule has 5 heteroatoms.